The minimum atomic E-state index is -1.38. The van der Waals surface area contributed by atoms with Crippen LogP contribution in [0.5, 0.6) is 0 Å². The number of aryl methyl sites for hydroxylation is 1. The van der Waals surface area contributed by atoms with E-state index in [-0.39, 0.29) is 12.1 Å². The molecule has 20 heavy (non-hydrogen) atoms. The van der Waals surface area contributed by atoms with Gasteiger partial charge in [-0.3, -0.25) is 10.1 Å². The second kappa shape index (κ2) is 5.12. The van der Waals surface area contributed by atoms with Gasteiger partial charge in [0.05, 0.1) is 4.92 Å². The summed E-state index contributed by atoms with van der Waals surface area (Å²) in [6.07, 6.45) is 0.175. The lowest BCUT2D eigenvalue weighted by molar-refractivity contribution is -0.385. The van der Waals surface area contributed by atoms with E-state index < -0.39 is 38.9 Å². The predicted octanol–water partition coefficient (Wildman–Crippen LogP) is 3.41. The zero-order chi connectivity index (χ0) is 15.0. The average Bonchev–Trinajstić information content (AvgIpc) is 2.71. The fraction of sp³-hybridized carbons (Fsp3) is 0.182. The van der Waals surface area contributed by atoms with Crippen LogP contribution in [0.2, 0.25) is 5.15 Å². The largest absolute Gasteiger partial charge is 0.329 e. The van der Waals surface area contributed by atoms with Gasteiger partial charge >= 0.3 is 5.69 Å². The molecule has 0 N–H and O–H groups in total. The molecule has 1 aromatic carbocycles. The van der Waals surface area contributed by atoms with E-state index in [0.717, 1.165) is 0 Å². The topological polar surface area (TPSA) is 61.0 Å². The summed E-state index contributed by atoms with van der Waals surface area (Å²) in [7, 11) is 0. The van der Waals surface area contributed by atoms with Gasteiger partial charge in [0.15, 0.2) is 17.5 Å². The van der Waals surface area contributed by atoms with Gasteiger partial charge in [0.2, 0.25) is 5.15 Å². The van der Waals surface area contributed by atoms with E-state index in [1.165, 1.54) is 0 Å². The second-order valence-corrected chi connectivity index (χ2v) is 4.18. The van der Waals surface area contributed by atoms with Crippen LogP contribution in [0.15, 0.2) is 12.1 Å². The third kappa shape index (κ3) is 2.22. The van der Waals surface area contributed by atoms with Crippen molar-refractivity contribution in [2.24, 2.45) is 0 Å². The van der Waals surface area contributed by atoms with Gasteiger partial charge in [-0.25, -0.2) is 17.9 Å². The minimum absolute atomic E-state index is 0.0177. The van der Waals surface area contributed by atoms with Gasteiger partial charge in [-0.2, -0.15) is 5.10 Å². The Labute approximate surface area is 115 Å². The Morgan fingerprint density at radius 3 is 2.40 bits per heavy atom. The van der Waals surface area contributed by atoms with E-state index in [1.807, 2.05) is 0 Å². The molecule has 2 aromatic rings. The zero-order valence-corrected chi connectivity index (χ0v) is 10.8. The Hall–Kier alpha value is -2.09. The molecule has 0 radical (unpaired) electrons. The van der Waals surface area contributed by atoms with Crippen molar-refractivity contribution in [1.82, 2.24) is 9.78 Å². The van der Waals surface area contributed by atoms with Crippen molar-refractivity contribution in [2.45, 2.75) is 13.3 Å². The molecule has 0 saturated heterocycles. The molecule has 0 aliphatic rings. The quantitative estimate of drug-likeness (QED) is 0.496. The molecule has 9 heteroatoms. The smallest absolute Gasteiger partial charge is 0.258 e. The molecule has 0 amide bonds. The van der Waals surface area contributed by atoms with Crippen LogP contribution in [0.25, 0.3) is 5.69 Å². The number of nitrogens with zero attached hydrogens (tertiary/aromatic N) is 3. The molecule has 0 spiro atoms. The van der Waals surface area contributed by atoms with E-state index in [9.17, 15) is 23.3 Å². The van der Waals surface area contributed by atoms with E-state index in [1.54, 1.807) is 6.92 Å². The Balaban J connectivity index is 2.71. The Morgan fingerprint density at radius 1 is 1.30 bits per heavy atom. The van der Waals surface area contributed by atoms with Crippen molar-refractivity contribution in [3.8, 4) is 5.69 Å². The maximum Gasteiger partial charge on any atom is 0.329 e. The molecule has 0 aliphatic carbocycles. The summed E-state index contributed by atoms with van der Waals surface area (Å²) in [6, 6.07) is 0.854. The molecular formula is C11H7ClF3N3O2. The van der Waals surface area contributed by atoms with Crippen molar-refractivity contribution in [2.75, 3.05) is 0 Å². The Bertz CT molecular complexity index is 703. The average molecular weight is 306 g/mol. The molecule has 1 heterocycles. The first-order valence-corrected chi connectivity index (χ1v) is 5.81. The van der Waals surface area contributed by atoms with Gasteiger partial charge in [0.1, 0.15) is 11.4 Å². The summed E-state index contributed by atoms with van der Waals surface area (Å²) in [4.78, 5) is 10.1. The number of aromatic nitrogens is 2. The van der Waals surface area contributed by atoms with Gasteiger partial charge in [-0.1, -0.05) is 18.5 Å². The molecular weight excluding hydrogens is 299 g/mol. The van der Waals surface area contributed by atoms with E-state index in [2.05, 4.69) is 5.10 Å². The standard InChI is InChI=1S/C11H7ClF3N3O2/c1-2-8-10(18(19)20)11(12)17(16-8)9-4-6(14)5(13)3-7(9)15/h3-4H,2H2,1H3. The van der Waals surface area contributed by atoms with Crippen LogP contribution in [0.1, 0.15) is 12.6 Å². The molecule has 0 fully saturated rings. The van der Waals surface area contributed by atoms with Gasteiger partial charge in [0.25, 0.3) is 0 Å². The van der Waals surface area contributed by atoms with Crippen LogP contribution in [0.4, 0.5) is 18.9 Å². The van der Waals surface area contributed by atoms with Crippen LogP contribution >= 0.6 is 11.6 Å². The van der Waals surface area contributed by atoms with Crippen molar-refractivity contribution < 1.29 is 18.1 Å². The van der Waals surface area contributed by atoms with Gasteiger partial charge in [-0.15, -0.1) is 0 Å². The third-order valence-corrected chi connectivity index (χ3v) is 2.95. The molecule has 0 bridgehead atoms. The fourth-order valence-electron chi connectivity index (χ4n) is 1.68. The lowest BCUT2D eigenvalue weighted by atomic mass is 10.3. The molecule has 0 unspecified atom stereocenters. The lowest BCUT2D eigenvalue weighted by Gasteiger charge is -2.04. The fourth-order valence-corrected chi connectivity index (χ4v) is 1.99. The van der Waals surface area contributed by atoms with Crippen LogP contribution in [0, 0.1) is 27.6 Å². The molecule has 0 aliphatic heterocycles. The number of nitro groups is 1. The number of hydrogen-bond donors (Lipinski definition) is 0. The normalized spacial score (nSPS) is 10.8. The number of halogens is 4. The summed E-state index contributed by atoms with van der Waals surface area (Å²) in [5.41, 5.74) is -0.973. The second-order valence-electron chi connectivity index (χ2n) is 3.83. The van der Waals surface area contributed by atoms with Crippen LogP contribution < -0.4 is 0 Å². The SMILES string of the molecule is CCc1nn(-c2cc(F)c(F)cc2F)c(Cl)c1[N+](=O)[O-]. The van der Waals surface area contributed by atoms with E-state index in [0.29, 0.717) is 16.8 Å². The van der Waals surface area contributed by atoms with E-state index >= 15 is 0 Å². The molecule has 0 atom stereocenters. The third-order valence-electron chi connectivity index (χ3n) is 2.61. The summed E-state index contributed by atoms with van der Waals surface area (Å²) in [5, 5.41) is 14.2. The summed E-state index contributed by atoms with van der Waals surface area (Å²) in [6.45, 7) is 1.59. The van der Waals surface area contributed by atoms with Crippen LogP contribution in [-0.4, -0.2) is 14.7 Å². The number of hydrogen-bond acceptors (Lipinski definition) is 3. The summed E-state index contributed by atoms with van der Waals surface area (Å²) >= 11 is 5.78. The highest BCUT2D eigenvalue weighted by molar-refractivity contribution is 6.32. The zero-order valence-electron chi connectivity index (χ0n) is 10.0. The monoisotopic (exact) mass is 305 g/mol. The highest BCUT2D eigenvalue weighted by Crippen LogP contribution is 2.32. The highest BCUT2D eigenvalue weighted by atomic mass is 35.5. The molecule has 2 rings (SSSR count). The molecule has 0 saturated carbocycles. The minimum Gasteiger partial charge on any atom is -0.258 e. The first-order chi connectivity index (χ1) is 9.36. The van der Waals surface area contributed by atoms with E-state index in [4.69, 9.17) is 11.6 Å². The summed E-state index contributed by atoms with van der Waals surface area (Å²) < 4.78 is 40.4. The lowest BCUT2D eigenvalue weighted by Crippen LogP contribution is -2.03. The Morgan fingerprint density at radius 2 is 1.90 bits per heavy atom. The first kappa shape index (κ1) is 14.3. The van der Waals surface area contributed by atoms with Crippen LogP contribution in [0.3, 0.4) is 0 Å². The van der Waals surface area contributed by atoms with Gasteiger partial charge in [-0.05, 0) is 6.42 Å². The van der Waals surface area contributed by atoms with Crippen molar-refractivity contribution >= 4 is 17.3 Å². The van der Waals surface area contributed by atoms with Gasteiger partial charge < -0.3 is 0 Å². The molecule has 5 nitrogen and oxygen atoms in total. The van der Waals surface area contributed by atoms with Crippen LogP contribution in [-0.2, 0) is 6.42 Å². The van der Waals surface area contributed by atoms with Gasteiger partial charge in [0, 0.05) is 12.1 Å². The van der Waals surface area contributed by atoms with Crippen molar-refractivity contribution in [3.63, 3.8) is 0 Å². The maximum atomic E-state index is 13.6. The predicted molar refractivity (Wildman–Crippen MR) is 64.5 cm³/mol. The number of benzene rings is 1. The first-order valence-electron chi connectivity index (χ1n) is 5.43. The summed E-state index contributed by atoms with van der Waals surface area (Å²) in [5.74, 6) is -3.82. The molecule has 1 aromatic heterocycles. The van der Waals surface area contributed by atoms with Crippen molar-refractivity contribution in [1.29, 1.82) is 0 Å². The Kier molecular flexibility index (Phi) is 3.67. The molecule has 106 valence electrons. The highest BCUT2D eigenvalue weighted by Gasteiger charge is 2.27. The maximum absolute atomic E-state index is 13.6. The number of rotatable bonds is 3. The van der Waals surface area contributed by atoms with Crippen molar-refractivity contribution in [3.05, 3.63) is 50.5 Å².